The maximum atomic E-state index is 13.2. The highest BCUT2D eigenvalue weighted by molar-refractivity contribution is 5.86. The topological polar surface area (TPSA) is 65.6 Å². The molecule has 0 aromatic carbocycles. The Bertz CT molecular complexity index is 511. The Morgan fingerprint density at radius 1 is 1.35 bits per heavy atom. The molecular weight excluding hydrogens is 221 g/mol. The van der Waals surface area contributed by atoms with Gasteiger partial charge in [0.1, 0.15) is 24.0 Å². The van der Waals surface area contributed by atoms with Gasteiger partial charge in [-0.2, -0.15) is 0 Å². The van der Waals surface area contributed by atoms with Crippen molar-refractivity contribution in [2.24, 2.45) is 0 Å². The monoisotopic (exact) mass is 235 g/mol. The Hall–Kier alpha value is -1.69. The van der Waals surface area contributed by atoms with Crippen LogP contribution in [0.4, 0.5) is 10.2 Å². The van der Waals surface area contributed by atoms with Crippen LogP contribution in [0.1, 0.15) is 6.42 Å². The van der Waals surface area contributed by atoms with Crippen molar-refractivity contribution < 1.29 is 4.39 Å². The fraction of sp³-hybridized carbons (Fsp3) is 0.455. The molecule has 0 amide bonds. The zero-order valence-corrected chi connectivity index (χ0v) is 9.28. The number of nitrogens with one attached hydrogen (secondary N) is 3. The molecule has 0 spiro atoms. The Morgan fingerprint density at radius 2 is 2.29 bits per heavy atom. The van der Waals surface area contributed by atoms with E-state index < -0.39 is 6.17 Å². The van der Waals surface area contributed by atoms with Crippen molar-refractivity contribution in [3.05, 3.63) is 18.6 Å². The highest BCUT2D eigenvalue weighted by atomic mass is 19.1. The van der Waals surface area contributed by atoms with Crippen LogP contribution >= 0.6 is 0 Å². The molecule has 0 unspecified atom stereocenters. The van der Waals surface area contributed by atoms with E-state index in [-0.39, 0.29) is 6.04 Å². The number of aromatic nitrogens is 3. The predicted molar refractivity (Wildman–Crippen MR) is 63.7 cm³/mol. The fourth-order valence-electron chi connectivity index (χ4n) is 2.18. The van der Waals surface area contributed by atoms with Crippen LogP contribution in [0.15, 0.2) is 18.6 Å². The van der Waals surface area contributed by atoms with Gasteiger partial charge < -0.3 is 15.6 Å². The van der Waals surface area contributed by atoms with Gasteiger partial charge in [0.2, 0.25) is 0 Å². The van der Waals surface area contributed by atoms with Crippen LogP contribution in [-0.2, 0) is 0 Å². The van der Waals surface area contributed by atoms with E-state index in [9.17, 15) is 4.39 Å². The van der Waals surface area contributed by atoms with Crippen molar-refractivity contribution in [1.82, 2.24) is 20.3 Å². The van der Waals surface area contributed by atoms with Crippen molar-refractivity contribution in [1.29, 1.82) is 0 Å². The van der Waals surface area contributed by atoms with Gasteiger partial charge in [0.25, 0.3) is 0 Å². The molecule has 3 heterocycles. The number of H-pyrrole nitrogens is 1. The van der Waals surface area contributed by atoms with Gasteiger partial charge in [0.05, 0.1) is 5.39 Å². The quantitative estimate of drug-likeness (QED) is 0.728. The lowest BCUT2D eigenvalue weighted by atomic mass is 10.1. The first-order valence-corrected chi connectivity index (χ1v) is 5.72. The zero-order valence-electron chi connectivity index (χ0n) is 9.28. The lowest BCUT2D eigenvalue weighted by Gasteiger charge is -2.26. The molecule has 17 heavy (non-hydrogen) atoms. The molecule has 1 fully saturated rings. The molecule has 0 saturated carbocycles. The molecule has 0 bridgehead atoms. The van der Waals surface area contributed by atoms with E-state index in [2.05, 4.69) is 25.6 Å². The summed E-state index contributed by atoms with van der Waals surface area (Å²) in [6.07, 6.45) is 3.05. The fourth-order valence-corrected chi connectivity index (χ4v) is 2.18. The molecule has 90 valence electrons. The Morgan fingerprint density at radius 3 is 3.18 bits per heavy atom. The van der Waals surface area contributed by atoms with Crippen molar-refractivity contribution in [3.8, 4) is 0 Å². The SMILES string of the molecule is F[C@@H]1CNC[C@H](Nc2ncnc3[nH]ccc23)C1. The minimum absolute atomic E-state index is 0.0757. The summed E-state index contributed by atoms with van der Waals surface area (Å²) in [7, 11) is 0. The first-order valence-electron chi connectivity index (χ1n) is 5.72. The zero-order chi connectivity index (χ0) is 11.7. The standard InChI is InChI=1S/C11H14FN5/c12-7-3-8(5-13-4-7)17-11-9-1-2-14-10(9)15-6-16-11/h1-2,6-8,13H,3-5H2,(H2,14,15,16,17)/t7-,8+/m0/s1. The van der Waals surface area contributed by atoms with Crippen LogP contribution in [0.25, 0.3) is 11.0 Å². The molecule has 0 radical (unpaired) electrons. The minimum Gasteiger partial charge on any atom is -0.365 e. The first-order chi connectivity index (χ1) is 8.33. The summed E-state index contributed by atoms with van der Waals surface area (Å²) in [6, 6.07) is 1.99. The lowest BCUT2D eigenvalue weighted by Crippen LogP contribution is -2.44. The third-order valence-electron chi connectivity index (χ3n) is 2.99. The molecule has 5 nitrogen and oxygen atoms in total. The Balaban J connectivity index is 1.82. The average molecular weight is 235 g/mol. The second-order valence-electron chi connectivity index (χ2n) is 4.29. The summed E-state index contributed by atoms with van der Waals surface area (Å²) in [6.45, 7) is 1.21. The maximum absolute atomic E-state index is 13.2. The van der Waals surface area contributed by atoms with E-state index in [1.807, 2.05) is 12.3 Å². The van der Waals surface area contributed by atoms with Gasteiger partial charge in [0.15, 0.2) is 0 Å². The average Bonchev–Trinajstić information content (AvgIpc) is 2.78. The van der Waals surface area contributed by atoms with E-state index in [0.717, 1.165) is 23.4 Å². The molecular formula is C11H14FN5. The van der Waals surface area contributed by atoms with Crippen LogP contribution in [0.3, 0.4) is 0 Å². The van der Waals surface area contributed by atoms with Crippen LogP contribution in [0.2, 0.25) is 0 Å². The molecule has 2 atom stereocenters. The van der Waals surface area contributed by atoms with Gasteiger partial charge in [-0.25, -0.2) is 14.4 Å². The Labute approximate surface area is 97.8 Å². The molecule has 6 heteroatoms. The van der Waals surface area contributed by atoms with Gasteiger partial charge >= 0.3 is 0 Å². The molecule has 2 aromatic heterocycles. The number of halogens is 1. The summed E-state index contributed by atoms with van der Waals surface area (Å²) in [5.41, 5.74) is 0.795. The van der Waals surface area contributed by atoms with Crippen molar-refractivity contribution in [2.45, 2.75) is 18.6 Å². The van der Waals surface area contributed by atoms with E-state index in [1.165, 1.54) is 6.33 Å². The number of piperidine rings is 1. The minimum atomic E-state index is -0.787. The van der Waals surface area contributed by atoms with Gasteiger partial charge in [-0.05, 0) is 6.07 Å². The molecule has 1 aliphatic heterocycles. The predicted octanol–water partition coefficient (Wildman–Crippen LogP) is 1.07. The molecule has 1 aliphatic rings. The molecule has 1 saturated heterocycles. The number of fused-ring (bicyclic) bond motifs is 1. The van der Waals surface area contributed by atoms with Crippen LogP contribution in [0.5, 0.6) is 0 Å². The second-order valence-corrected chi connectivity index (χ2v) is 4.29. The second kappa shape index (κ2) is 4.29. The van der Waals surface area contributed by atoms with Crippen LogP contribution in [-0.4, -0.2) is 40.3 Å². The molecule has 3 N–H and O–H groups in total. The van der Waals surface area contributed by atoms with Crippen LogP contribution < -0.4 is 10.6 Å². The first kappa shape index (κ1) is 10.5. The van der Waals surface area contributed by atoms with Gasteiger partial charge in [-0.3, -0.25) is 0 Å². The number of hydrogen-bond acceptors (Lipinski definition) is 4. The highest BCUT2D eigenvalue weighted by Gasteiger charge is 2.21. The van der Waals surface area contributed by atoms with Gasteiger partial charge in [-0.1, -0.05) is 0 Å². The summed E-state index contributed by atoms with van der Waals surface area (Å²) in [5.74, 6) is 0.761. The number of rotatable bonds is 2. The van der Waals surface area contributed by atoms with E-state index in [4.69, 9.17) is 0 Å². The largest absolute Gasteiger partial charge is 0.365 e. The van der Waals surface area contributed by atoms with E-state index >= 15 is 0 Å². The lowest BCUT2D eigenvalue weighted by molar-refractivity contribution is 0.255. The molecule has 0 aliphatic carbocycles. The van der Waals surface area contributed by atoms with E-state index in [1.54, 1.807) is 0 Å². The molecule has 3 rings (SSSR count). The van der Waals surface area contributed by atoms with Crippen molar-refractivity contribution in [2.75, 3.05) is 18.4 Å². The van der Waals surface area contributed by atoms with Crippen LogP contribution in [0, 0.1) is 0 Å². The summed E-state index contributed by atoms with van der Waals surface area (Å²) in [4.78, 5) is 11.3. The van der Waals surface area contributed by atoms with Gasteiger partial charge in [0, 0.05) is 31.7 Å². The van der Waals surface area contributed by atoms with Crippen molar-refractivity contribution >= 4 is 16.9 Å². The third kappa shape index (κ3) is 2.08. The number of hydrogen-bond donors (Lipinski definition) is 3. The third-order valence-corrected chi connectivity index (χ3v) is 2.99. The normalized spacial score (nSPS) is 25.0. The summed E-state index contributed by atoms with van der Waals surface area (Å²) >= 11 is 0. The number of nitrogens with zero attached hydrogens (tertiary/aromatic N) is 2. The Kier molecular flexibility index (Phi) is 2.64. The summed E-state index contributed by atoms with van der Waals surface area (Å²) < 4.78 is 13.2. The van der Waals surface area contributed by atoms with Gasteiger partial charge in [-0.15, -0.1) is 0 Å². The number of anilines is 1. The number of aromatic amines is 1. The highest BCUT2D eigenvalue weighted by Crippen LogP contribution is 2.20. The number of alkyl halides is 1. The molecule has 2 aromatic rings. The summed E-state index contributed by atoms with van der Waals surface area (Å²) in [5, 5.41) is 7.26. The smallest absolute Gasteiger partial charge is 0.142 e. The van der Waals surface area contributed by atoms with E-state index in [0.29, 0.717) is 13.0 Å². The van der Waals surface area contributed by atoms with Crippen molar-refractivity contribution in [3.63, 3.8) is 0 Å². The maximum Gasteiger partial charge on any atom is 0.142 e.